The first-order valence-corrected chi connectivity index (χ1v) is 4.85. The maximum Gasteiger partial charge on any atom is 0.694 e. The summed E-state index contributed by atoms with van der Waals surface area (Å²) < 4.78 is 19.8. The second-order valence-corrected chi connectivity index (χ2v) is 3.56. The molecule has 0 amide bonds. The Morgan fingerprint density at radius 2 is 2.42 bits per heavy atom. The third kappa shape index (κ3) is 2.77. The Bertz CT molecular complexity index is 173. The Labute approximate surface area is 71.3 Å². The molecular formula is C6H12O5P+. The van der Waals surface area contributed by atoms with Crippen LogP contribution in [0.5, 0.6) is 0 Å². The summed E-state index contributed by atoms with van der Waals surface area (Å²) in [4.78, 5) is 8.31. The van der Waals surface area contributed by atoms with Gasteiger partial charge in [-0.25, -0.2) is 0 Å². The SMILES string of the molecule is CC1CC(O)C(CO[P+](=O)O)O1. The summed E-state index contributed by atoms with van der Waals surface area (Å²) in [5.41, 5.74) is 0. The van der Waals surface area contributed by atoms with Crippen molar-refractivity contribution in [3.8, 4) is 0 Å². The molecule has 0 aromatic heterocycles. The van der Waals surface area contributed by atoms with Crippen molar-refractivity contribution in [2.75, 3.05) is 6.61 Å². The maximum absolute atomic E-state index is 10.1. The Balaban J connectivity index is 2.28. The molecule has 4 unspecified atom stereocenters. The molecule has 6 heteroatoms. The van der Waals surface area contributed by atoms with Gasteiger partial charge in [-0.2, -0.15) is 0 Å². The van der Waals surface area contributed by atoms with Crippen molar-refractivity contribution in [2.24, 2.45) is 0 Å². The van der Waals surface area contributed by atoms with E-state index in [1.807, 2.05) is 6.92 Å². The van der Waals surface area contributed by atoms with Crippen molar-refractivity contribution in [3.05, 3.63) is 0 Å². The van der Waals surface area contributed by atoms with Crippen LogP contribution in [0, 0.1) is 0 Å². The normalized spacial score (nSPS) is 36.9. The van der Waals surface area contributed by atoms with Crippen molar-refractivity contribution in [3.63, 3.8) is 0 Å². The Kier molecular flexibility index (Phi) is 3.55. The number of rotatable bonds is 3. The fourth-order valence-electron chi connectivity index (χ4n) is 1.22. The van der Waals surface area contributed by atoms with E-state index in [1.54, 1.807) is 0 Å². The first-order valence-electron chi connectivity index (χ1n) is 3.72. The maximum atomic E-state index is 10.1. The first kappa shape index (κ1) is 10.0. The molecule has 1 heterocycles. The highest BCUT2D eigenvalue weighted by Crippen LogP contribution is 2.23. The van der Waals surface area contributed by atoms with E-state index in [-0.39, 0.29) is 12.7 Å². The summed E-state index contributed by atoms with van der Waals surface area (Å²) in [6.07, 6.45) is -0.512. The van der Waals surface area contributed by atoms with Crippen LogP contribution in [0.25, 0.3) is 0 Å². The number of aliphatic hydroxyl groups excluding tert-OH is 1. The van der Waals surface area contributed by atoms with Crippen molar-refractivity contribution in [1.29, 1.82) is 0 Å². The average molecular weight is 195 g/mol. The summed E-state index contributed by atoms with van der Waals surface area (Å²) in [6.45, 7) is 1.80. The lowest BCUT2D eigenvalue weighted by Gasteiger charge is -2.08. The van der Waals surface area contributed by atoms with Crippen molar-refractivity contribution < 1.29 is 23.8 Å². The quantitative estimate of drug-likeness (QED) is 0.628. The minimum Gasteiger partial charge on any atom is -0.390 e. The molecule has 1 aliphatic heterocycles. The average Bonchev–Trinajstić information content (AvgIpc) is 2.26. The Morgan fingerprint density at radius 3 is 2.83 bits per heavy atom. The predicted molar refractivity (Wildman–Crippen MR) is 40.7 cm³/mol. The monoisotopic (exact) mass is 195 g/mol. The molecule has 5 nitrogen and oxygen atoms in total. The van der Waals surface area contributed by atoms with E-state index in [1.165, 1.54) is 0 Å². The Morgan fingerprint density at radius 1 is 1.75 bits per heavy atom. The van der Waals surface area contributed by atoms with Gasteiger partial charge in [-0.1, -0.05) is 0 Å². The van der Waals surface area contributed by atoms with Crippen molar-refractivity contribution in [1.82, 2.24) is 0 Å². The van der Waals surface area contributed by atoms with Gasteiger partial charge in [-0.15, -0.1) is 9.42 Å². The van der Waals surface area contributed by atoms with Gasteiger partial charge in [-0.3, -0.25) is 0 Å². The smallest absolute Gasteiger partial charge is 0.390 e. The number of ether oxygens (including phenoxy) is 1. The first-order chi connectivity index (χ1) is 5.59. The largest absolute Gasteiger partial charge is 0.694 e. The van der Waals surface area contributed by atoms with Gasteiger partial charge in [0.1, 0.15) is 12.7 Å². The summed E-state index contributed by atoms with van der Waals surface area (Å²) >= 11 is 0. The minimum atomic E-state index is -2.59. The molecule has 0 aromatic rings. The lowest BCUT2D eigenvalue weighted by atomic mass is 10.1. The molecule has 0 spiro atoms. The number of aliphatic hydroxyl groups is 1. The lowest BCUT2D eigenvalue weighted by Crippen LogP contribution is -2.25. The summed E-state index contributed by atoms with van der Waals surface area (Å²) in [7, 11) is -2.59. The third-order valence-electron chi connectivity index (χ3n) is 1.76. The van der Waals surface area contributed by atoms with E-state index in [4.69, 9.17) is 9.63 Å². The van der Waals surface area contributed by atoms with Gasteiger partial charge >= 0.3 is 8.25 Å². The van der Waals surface area contributed by atoms with Gasteiger partial charge in [-0.05, 0) is 6.92 Å². The topological polar surface area (TPSA) is 76.0 Å². The fraction of sp³-hybridized carbons (Fsp3) is 1.00. The van der Waals surface area contributed by atoms with Gasteiger partial charge in [0.05, 0.1) is 12.2 Å². The predicted octanol–water partition coefficient (Wildman–Crippen LogP) is 0.191. The van der Waals surface area contributed by atoms with E-state index >= 15 is 0 Å². The molecule has 0 aliphatic carbocycles. The van der Waals surface area contributed by atoms with Crippen LogP contribution in [-0.4, -0.2) is 34.9 Å². The molecule has 4 atom stereocenters. The molecule has 0 radical (unpaired) electrons. The van der Waals surface area contributed by atoms with E-state index in [2.05, 4.69) is 4.52 Å². The van der Waals surface area contributed by atoms with Crippen molar-refractivity contribution >= 4 is 8.25 Å². The van der Waals surface area contributed by atoms with Crippen molar-refractivity contribution in [2.45, 2.75) is 31.7 Å². The van der Waals surface area contributed by atoms with Crippen LogP contribution < -0.4 is 0 Å². The fourth-order valence-corrected chi connectivity index (χ4v) is 1.50. The van der Waals surface area contributed by atoms with E-state index < -0.39 is 20.5 Å². The van der Waals surface area contributed by atoms with Crippen LogP contribution in [-0.2, 0) is 13.8 Å². The van der Waals surface area contributed by atoms with Crippen LogP contribution >= 0.6 is 8.25 Å². The summed E-state index contributed by atoms with van der Waals surface area (Å²) in [6, 6.07) is 0. The molecule has 1 aliphatic rings. The van der Waals surface area contributed by atoms with Gasteiger partial charge < -0.3 is 9.84 Å². The second-order valence-electron chi connectivity index (χ2n) is 2.82. The highest BCUT2D eigenvalue weighted by atomic mass is 31.1. The zero-order valence-corrected chi connectivity index (χ0v) is 7.61. The van der Waals surface area contributed by atoms with Crippen LogP contribution in [0.1, 0.15) is 13.3 Å². The van der Waals surface area contributed by atoms with E-state index in [9.17, 15) is 9.67 Å². The molecule has 1 saturated heterocycles. The summed E-state index contributed by atoms with van der Waals surface area (Å²) in [5, 5.41) is 9.29. The minimum absolute atomic E-state index is 0.00910. The summed E-state index contributed by atoms with van der Waals surface area (Å²) in [5.74, 6) is 0. The standard InChI is InChI=1S/C6H11O5P/c1-4-2-5(7)6(11-4)3-10-12(8)9/h4-7H,2-3H2,1H3/p+1. The van der Waals surface area contributed by atoms with Gasteiger partial charge in [0.2, 0.25) is 0 Å². The third-order valence-corrected chi connectivity index (χ3v) is 2.13. The highest BCUT2D eigenvalue weighted by molar-refractivity contribution is 7.32. The van der Waals surface area contributed by atoms with Crippen LogP contribution in [0.15, 0.2) is 0 Å². The molecule has 1 fully saturated rings. The lowest BCUT2D eigenvalue weighted by molar-refractivity contribution is -0.0113. The van der Waals surface area contributed by atoms with Crippen LogP contribution in [0.4, 0.5) is 0 Å². The number of hydrogen-bond donors (Lipinski definition) is 2. The molecule has 0 aromatic carbocycles. The van der Waals surface area contributed by atoms with Crippen LogP contribution in [0.2, 0.25) is 0 Å². The molecule has 2 N–H and O–H groups in total. The molecule has 12 heavy (non-hydrogen) atoms. The highest BCUT2D eigenvalue weighted by Gasteiger charge is 2.33. The Hall–Kier alpha value is -0.0600. The molecule has 0 saturated carbocycles. The van der Waals surface area contributed by atoms with E-state index in [0.717, 1.165) is 0 Å². The van der Waals surface area contributed by atoms with Crippen LogP contribution in [0.3, 0.4) is 0 Å². The molecular weight excluding hydrogens is 183 g/mol. The van der Waals surface area contributed by atoms with Gasteiger partial charge in [0.25, 0.3) is 0 Å². The second kappa shape index (κ2) is 4.25. The number of hydrogen-bond acceptors (Lipinski definition) is 4. The van der Waals surface area contributed by atoms with Gasteiger partial charge in [0, 0.05) is 11.0 Å². The molecule has 70 valence electrons. The molecule has 1 rings (SSSR count). The van der Waals surface area contributed by atoms with Gasteiger partial charge in [0.15, 0.2) is 0 Å². The zero-order valence-electron chi connectivity index (χ0n) is 6.71. The molecule has 0 bridgehead atoms. The zero-order chi connectivity index (χ0) is 9.14. The van der Waals surface area contributed by atoms with E-state index in [0.29, 0.717) is 6.42 Å².